The largest absolute Gasteiger partial charge is 0.310 e. The standard InChI is InChI=1S/C61H44N2/c1-61(2)57-21-10-8-19-53(57)54-35-34-52(40-58(54)61)62(51-18-12-17-46(38-51)47-24-23-42-15-6-7-16-45(42)37-47)49-30-27-44(28-31-49)48-29-36-60-56(39-48)55-20-9-11-22-59(55)63(60)50-32-25-43(26-33-50)41-13-4-3-5-14-41/h3-40H,1-2H3. The summed E-state index contributed by atoms with van der Waals surface area (Å²) in [6.07, 6.45) is 0. The Balaban J connectivity index is 0.945. The van der Waals surface area contributed by atoms with Gasteiger partial charge in [-0.25, -0.2) is 0 Å². The predicted molar refractivity (Wildman–Crippen MR) is 267 cm³/mol. The summed E-state index contributed by atoms with van der Waals surface area (Å²) in [5.41, 5.74) is 19.4. The van der Waals surface area contributed by atoms with Crippen LogP contribution in [-0.4, -0.2) is 4.57 Å². The van der Waals surface area contributed by atoms with Gasteiger partial charge in [-0.3, -0.25) is 0 Å². The van der Waals surface area contributed by atoms with Crippen molar-refractivity contribution in [2.45, 2.75) is 19.3 Å². The number of rotatable bonds is 7. The molecule has 0 fully saturated rings. The fourth-order valence-corrected chi connectivity index (χ4v) is 10.1. The van der Waals surface area contributed by atoms with E-state index in [1.807, 2.05) is 0 Å². The molecule has 0 radical (unpaired) electrons. The van der Waals surface area contributed by atoms with E-state index in [2.05, 4.69) is 254 Å². The quantitative estimate of drug-likeness (QED) is 0.156. The average molecular weight is 805 g/mol. The summed E-state index contributed by atoms with van der Waals surface area (Å²) in [4.78, 5) is 2.42. The minimum Gasteiger partial charge on any atom is -0.310 e. The van der Waals surface area contributed by atoms with Crippen molar-refractivity contribution in [2.24, 2.45) is 0 Å². The summed E-state index contributed by atoms with van der Waals surface area (Å²) in [5.74, 6) is 0. The van der Waals surface area contributed by atoms with Gasteiger partial charge in [-0.2, -0.15) is 0 Å². The molecule has 1 aliphatic carbocycles. The number of benzene rings is 10. The van der Waals surface area contributed by atoms with E-state index in [0.717, 1.165) is 22.7 Å². The van der Waals surface area contributed by atoms with E-state index in [4.69, 9.17) is 0 Å². The van der Waals surface area contributed by atoms with Crippen LogP contribution in [0.2, 0.25) is 0 Å². The summed E-state index contributed by atoms with van der Waals surface area (Å²) in [5, 5.41) is 4.98. The average Bonchev–Trinajstić information content (AvgIpc) is 3.79. The smallest absolute Gasteiger partial charge is 0.0541 e. The number of hydrogen-bond acceptors (Lipinski definition) is 1. The van der Waals surface area contributed by atoms with E-state index in [1.54, 1.807) is 0 Å². The van der Waals surface area contributed by atoms with Gasteiger partial charge in [-0.1, -0.05) is 172 Å². The first kappa shape index (κ1) is 36.9. The Hall–Kier alpha value is -7.94. The molecule has 0 N–H and O–H groups in total. The van der Waals surface area contributed by atoms with Gasteiger partial charge in [0, 0.05) is 38.9 Å². The van der Waals surface area contributed by atoms with Crippen molar-refractivity contribution >= 4 is 49.6 Å². The van der Waals surface area contributed by atoms with E-state index < -0.39 is 0 Å². The Morgan fingerprint density at radius 2 is 0.905 bits per heavy atom. The number of anilines is 3. The molecule has 1 aliphatic rings. The third-order valence-corrected chi connectivity index (χ3v) is 13.4. The zero-order valence-electron chi connectivity index (χ0n) is 35.3. The van der Waals surface area contributed by atoms with E-state index in [-0.39, 0.29) is 5.41 Å². The molecule has 0 saturated carbocycles. The second-order valence-electron chi connectivity index (χ2n) is 17.4. The molecule has 12 rings (SSSR count). The first-order valence-corrected chi connectivity index (χ1v) is 21.9. The third kappa shape index (κ3) is 6.17. The third-order valence-electron chi connectivity index (χ3n) is 13.4. The minimum atomic E-state index is -0.113. The van der Waals surface area contributed by atoms with E-state index in [0.29, 0.717) is 0 Å². The molecule has 0 bridgehead atoms. The molecule has 1 aromatic heterocycles. The molecule has 2 nitrogen and oxygen atoms in total. The topological polar surface area (TPSA) is 8.17 Å². The van der Waals surface area contributed by atoms with Gasteiger partial charge in [0.1, 0.15) is 0 Å². The van der Waals surface area contributed by atoms with Crippen molar-refractivity contribution in [1.29, 1.82) is 0 Å². The summed E-state index contributed by atoms with van der Waals surface area (Å²) >= 11 is 0. The Morgan fingerprint density at radius 1 is 0.333 bits per heavy atom. The minimum absolute atomic E-state index is 0.113. The zero-order chi connectivity index (χ0) is 42.1. The maximum absolute atomic E-state index is 2.42. The normalized spacial score (nSPS) is 12.7. The highest BCUT2D eigenvalue weighted by atomic mass is 15.1. The Morgan fingerprint density at radius 3 is 1.76 bits per heavy atom. The molecular weight excluding hydrogens is 761 g/mol. The van der Waals surface area contributed by atoms with Crippen LogP contribution in [0.25, 0.3) is 82.8 Å². The van der Waals surface area contributed by atoms with E-state index >= 15 is 0 Å². The fourth-order valence-electron chi connectivity index (χ4n) is 10.1. The lowest BCUT2D eigenvalue weighted by Crippen LogP contribution is -2.16. The second kappa shape index (κ2) is 14.6. The van der Waals surface area contributed by atoms with Gasteiger partial charge in [0.15, 0.2) is 0 Å². The first-order valence-electron chi connectivity index (χ1n) is 21.9. The second-order valence-corrected chi connectivity index (χ2v) is 17.4. The van der Waals surface area contributed by atoms with Crippen molar-refractivity contribution in [3.8, 4) is 50.2 Å². The maximum atomic E-state index is 2.42. The molecule has 0 unspecified atom stereocenters. The number of nitrogens with zero attached hydrogens (tertiary/aromatic N) is 2. The lowest BCUT2D eigenvalue weighted by atomic mass is 9.82. The highest BCUT2D eigenvalue weighted by Crippen LogP contribution is 2.51. The van der Waals surface area contributed by atoms with E-state index in [1.165, 1.54) is 88.2 Å². The summed E-state index contributed by atoms with van der Waals surface area (Å²) in [6, 6.07) is 84.7. The highest BCUT2D eigenvalue weighted by molar-refractivity contribution is 6.10. The molecule has 0 spiro atoms. The van der Waals surface area contributed by atoms with Gasteiger partial charge < -0.3 is 9.47 Å². The van der Waals surface area contributed by atoms with Crippen molar-refractivity contribution in [1.82, 2.24) is 4.57 Å². The molecule has 0 aliphatic heterocycles. The fraction of sp³-hybridized carbons (Fsp3) is 0.0492. The molecule has 0 saturated heterocycles. The van der Waals surface area contributed by atoms with Crippen LogP contribution in [-0.2, 0) is 5.41 Å². The number of fused-ring (bicyclic) bond motifs is 7. The van der Waals surface area contributed by atoms with Gasteiger partial charge in [-0.05, 0) is 139 Å². The molecule has 10 aromatic carbocycles. The lowest BCUT2D eigenvalue weighted by Gasteiger charge is -2.28. The van der Waals surface area contributed by atoms with Crippen molar-refractivity contribution in [3.05, 3.63) is 242 Å². The van der Waals surface area contributed by atoms with Crippen molar-refractivity contribution in [2.75, 3.05) is 4.90 Å². The molecular formula is C61H44N2. The number of hydrogen-bond donors (Lipinski definition) is 0. The van der Waals surface area contributed by atoms with Crippen LogP contribution >= 0.6 is 0 Å². The molecule has 11 aromatic rings. The van der Waals surface area contributed by atoms with Crippen molar-refractivity contribution < 1.29 is 0 Å². The van der Waals surface area contributed by atoms with E-state index in [9.17, 15) is 0 Å². The number of aromatic nitrogens is 1. The molecule has 2 heteroatoms. The number of para-hydroxylation sites is 1. The monoisotopic (exact) mass is 804 g/mol. The van der Waals surface area contributed by atoms with Gasteiger partial charge in [0.25, 0.3) is 0 Å². The van der Waals surface area contributed by atoms with Crippen LogP contribution in [0.5, 0.6) is 0 Å². The van der Waals surface area contributed by atoms with Crippen LogP contribution in [0.15, 0.2) is 231 Å². The molecule has 1 heterocycles. The SMILES string of the molecule is CC1(C)c2ccccc2-c2ccc(N(c3ccc(-c4ccc5c(c4)c4ccccc4n5-c4ccc(-c5ccccc5)cc4)cc3)c3cccc(-c4ccc5ccccc5c4)c3)cc21. The predicted octanol–water partition coefficient (Wildman–Crippen LogP) is 16.7. The Kier molecular flexibility index (Phi) is 8.55. The van der Waals surface area contributed by atoms with Crippen molar-refractivity contribution in [3.63, 3.8) is 0 Å². The van der Waals surface area contributed by atoms with Crippen LogP contribution in [0, 0.1) is 0 Å². The maximum Gasteiger partial charge on any atom is 0.0541 e. The molecule has 0 amide bonds. The first-order chi connectivity index (χ1) is 31.0. The van der Waals surface area contributed by atoms with Crippen LogP contribution in [0.3, 0.4) is 0 Å². The van der Waals surface area contributed by atoms with Gasteiger partial charge in [0.2, 0.25) is 0 Å². The summed E-state index contributed by atoms with van der Waals surface area (Å²) < 4.78 is 2.40. The van der Waals surface area contributed by atoms with Crippen LogP contribution < -0.4 is 4.90 Å². The summed E-state index contributed by atoms with van der Waals surface area (Å²) in [7, 11) is 0. The Labute approximate surface area is 368 Å². The van der Waals surface area contributed by atoms with Crippen LogP contribution in [0.4, 0.5) is 17.1 Å². The molecule has 298 valence electrons. The Bertz CT molecular complexity index is 3520. The van der Waals surface area contributed by atoms with Gasteiger partial charge >= 0.3 is 0 Å². The van der Waals surface area contributed by atoms with Gasteiger partial charge in [-0.15, -0.1) is 0 Å². The molecule has 63 heavy (non-hydrogen) atoms. The summed E-state index contributed by atoms with van der Waals surface area (Å²) in [6.45, 7) is 4.72. The van der Waals surface area contributed by atoms with Crippen LogP contribution in [0.1, 0.15) is 25.0 Å². The zero-order valence-corrected chi connectivity index (χ0v) is 35.3. The van der Waals surface area contributed by atoms with Gasteiger partial charge in [0.05, 0.1) is 11.0 Å². The highest BCUT2D eigenvalue weighted by Gasteiger charge is 2.35. The molecule has 0 atom stereocenters. The lowest BCUT2D eigenvalue weighted by molar-refractivity contribution is 0.660.